The summed E-state index contributed by atoms with van der Waals surface area (Å²) >= 11 is 0. The number of nitrogens with one attached hydrogen (secondary N) is 1. The van der Waals surface area contributed by atoms with E-state index in [0.29, 0.717) is 19.1 Å². The van der Waals surface area contributed by atoms with E-state index in [2.05, 4.69) is 51.3 Å². The molecular weight excluding hydrogens is 439 g/mol. The minimum absolute atomic E-state index is 0.0171. The van der Waals surface area contributed by atoms with Crippen LogP contribution in [0.1, 0.15) is 58.9 Å². The third kappa shape index (κ3) is 9.76. The molecule has 0 aliphatic rings. The standard InChI is InChI=1S/C25H41FN2O4Si/c1-24(2,3)33(5,6)32-21(13-12-19-10-8-7-9-11-19)18-20(22(30)28-16-17-29)14-15-25(4,26)23(27)31/h7-11,17,20-21H,12-16,18H2,1-6H3,(H2,27,31)(H,28,30). The maximum absolute atomic E-state index is 14.5. The van der Waals surface area contributed by atoms with Crippen LogP contribution in [-0.2, 0) is 25.2 Å². The lowest BCUT2D eigenvalue weighted by Crippen LogP contribution is -2.45. The first kappa shape index (κ1) is 29.0. The summed E-state index contributed by atoms with van der Waals surface area (Å²) < 4.78 is 21.2. The van der Waals surface area contributed by atoms with E-state index < -0.39 is 25.8 Å². The van der Waals surface area contributed by atoms with Crippen LogP contribution in [-0.4, -0.2) is 44.7 Å². The number of halogens is 1. The molecule has 3 unspecified atom stereocenters. The number of alkyl halides is 1. The van der Waals surface area contributed by atoms with Crippen LogP contribution in [0.2, 0.25) is 18.1 Å². The lowest BCUT2D eigenvalue weighted by Gasteiger charge is -2.40. The Kier molecular flexibility index (Phi) is 10.9. The molecule has 0 radical (unpaired) electrons. The number of carbonyl (C=O) groups excluding carboxylic acids is 3. The molecule has 3 atom stereocenters. The minimum atomic E-state index is -2.21. The molecular formula is C25H41FN2O4Si. The van der Waals surface area contributed by atoms with Crippen LogP contribution >= 0.6 is 0 Å². The Morgan fingerprint density at radius 1 is 1.15 bits per heavy atom. The third-order valence-corrected chi connectivity index (χ3v) is 11.2. The zero-order chi connectivity index (χ0) is 25.3. The van der Waals surface area contributed by atoms with Gasteiger partial charge in [-0.2, -0.15) is 0 Å². The second-order valence-electron chi connectivity index (χ2n) is 10.5. The molecule has 0 fully saturated rings. The SMILES string of the molecule is CC(F)(CCC(CC(CCc1ccccc1)O[Si](C)(C)C(C)(C)C)C(=O)NCC=O)C(N)=O. The molecule has 186 valence electrons. The number of nitrogens with two attached hydrogens (primary N) is 1. The Hall–Kier alpha value is -2.06. The predicted octanol–water partition coefficient (Wildman–Crippen LogP) is 4.32. The molecule has 0 aliphatic carbocycles. The summed E-state index contributed by atoms with van der Waals surface area (Å²) in [6.45, 7) is 11.8. The zero-order valence-electron chi connectivity index (χ0n) is 20.9. The molecule has 1 aromatic carbocycles. The fourth-order valence-electron chi connectivity index (χ4n) is 3.32. The van der Waals surface area contributed by atoms with Crippen molar-refractivity contribution in [2.45, 2.75) is 89.7 Å². The number of primary amides is 1. The van der Waals surface area contributed by atoms with Crippen molar-refractivity contribution in [2.24, 2.45) is 11.7 Å². The molecule has 1 aromatic rings. The van der Waals surface area contributed by atoms with Gasteiger partial charge in [0.15, 0.2) is 14.0 Å². The van der Waals surface area contributed by atoms with Gasteiger partial charge in [-0.05, 0) is 62.7 Å². The summed E-state index contributed by atoms with van der Waals surface area (Å²) in [5.41, 5.74) is 4.15. The van der Waals surface area contributed by atoms with Crippen LogP contribution in [0.4, 0.5) is 4.39 Å². The number of aryl methyl sites for hydroxylation is 1. The van der Waals surface area contributed by atoms with Crippen LogP contribution < -0.4 is 11.1 Å². The average Bonchev–Trinajstić information content (AvgIpc) is 2.72. The first-order valence-electron chi connectivity index (χ1n) is 11.6. The average molecular weight is 481 g/mol. The number of carbonyl (C=O) groups is 3. The fraction of sp³-hybridized carbons (Fsp3) is 0.640. The van der Waals surface area contributed by atoms with E-state index in [0.717, 1.165) is 13.3 Å². The van der Waals surface area contributed by atoms with Crippen molar-refractivity contribution in [1.82, 2.24) is 5.32 Å². The van der Waals surface area contributed by atoms with Gasteiger partial charge >= 0.3 is 0 Å². The fourth-order valence-corrected chi connectivity index (χ4v) is 4.72. The Morgan fingerprint density at radius 3 is 2.27 bits per heavy atom. The van der Waals surface area contributed by atoms with Gasteiger partial charge in [0.2, 0.25) is 5.91 Å². The molecule has 0 aliphatic heterocycles. The van der Waals surface area contributed by atoms with Crippen molar-refractivity contribution in [3.05, 3.63) is 35.9 Å². The highest BCUT2D eigenvalue weighted by Gasteiger charge is 2.40. The third-order valence-electron chi connectivity index (χ3n) is 6.62. The van der Waals surface area contributed by atoms with Crippen LogP contribution in [0.3, 0.4) is 0 Å². The summed E-state index contributed by atoms with van der Waals surface area (Å²) in [5.74, 6) is -2.00. The zero-order valence-corrected chi connectivity index (χ0v) is 21.9. The van der Waals surface area contributed by atoms with Gasteiger partial charge in [-0.25, -0.2) is 4.39 Å². The molecule has 8 heteroatoms. The molecule has 0 saturated carbocycles. The second-order valence-corrected chi connectivity index (χ2v) is 15.2. The van der Waals surface area contributed by atoms with E-state index >= 15 is 0 Å². The molecule has 1 rings (SSSR count). The van der Waals surface area contributed by atoms with Crippen LogP contribution in [0.15, 0.2) is 30.3 Å². The summed E-state index contributed by atoms with van der Waals surface area (Å²) in [6.07, 6.45) is 2.20. The number of hydrogen-bond acceptors (Lipinski definition) is 4. The van der Waals surface area contributed by atoms with Crippen molar-refractivity contribution in [1.29, 1.82) is 0 Å². The maximum atomic E-state index is 14.5. The molecule has 2 amide bonds. The van der Waals surface area contributed by atoms with Gasteiger partial charge in [-0.1, -0.05) is 51.1 Å². The quantitative estimate of drug-likeness (QED) is 0.306. The van der Waals surface area contributed by atoms with Crippen molar-refractivity contribution in [3.63, 3.8) is 0 Å². The van der Waals surface area contributed by atoms with Gasteiger partial charge in [0, 0.05) is 12.0 Å². The monoisotopic (exact) mass is 480 g/mol. The number of benzene rings is 1. The number of rotatable bonds is 14. The highest BCUT2D eigenvalue weighted by Crippen LogP contribution is 2.39. The normalized spacial score (nSPS) is 15.8. The maximum Gasteiger partial charge on any atom is 0.254 e. The number of aldehydes is 1. The van der Waals surface area contributed by atoms with Gasteiger partial charge in [0.25, 0.3) is 5.91 Å². The first-order valence-corrected chi connectivity index (χ1v) is 14.5. The highest BCUT2D eigenvalue weighted by atomic mass is 28.4. The molecule has 33 heavy (non-hydrogen) atoms. The largest absolute Gasteiger partial charge is 0.414 e. The Labute approximate surface area is 199 Å². The van der Waals surface area contributed by atoms with Crippen LogP contribution in [0, 0.1) is 5.92 Å². The van der Waals surface area contributed by atoms with Gasteiger partial charge in [0.05, 0.1) is 6.54 Å². The summed E-state index contributed by atoms with van der Waals surface area (Å²) in [6, 6.07) is 10.0. The predicted molar refractivity (Wildman–Crippen MR) is 132 cm³/mol. The van der Waals surface area contributed by atoms with Crippen molar-refractivity contribution < 1.29 is 23.2 Å². The van der Waals surface area contributed by atoms with E-state index in [9.17, 15) is 18.8 Å². The van der Waals surface area contributed by atoms with Crippen molar-refractivity contribution >= 4 is 26.4 Å². The van der Waals surface area contributed by atoms with E-state index in [4.69, 9.17) is 10.2 Å². The summed E-state index contributed by atoms with van der Waals surface area (Å²) in [4.78, 5) is 35.0. The van der Waals surface area contributed by atoms with Crippen LogP contribution in [0.5, 0.6) is 0 Å². The number of amides is 2. The van der Waals surface area contributed by atoms with Crippen molar-refractivity contribution in [2.75, 3.05) is 6.54 Å². The van der Waals surface area contributed by atoms with E-state index in [-0.39, 0.29) is 36.4 Å². The minimum Gasteiger partial charge on any atom is -0.414 e. The molecule has 0 heterocycles. The molecule has 0 saturated heterocycles. The lowest BCUT2D eigenvalue weighted by molar-refractivity contribution is -0.131. The van der Waals surface area contributed by atoms with Gasteiger partial charge < -0.3 is 20.3 Å². The summed E-state index contributed by atoms with van der Waals surface area (Å²) in [5, 5.41) is 2.56. The molecule has 0 bridgehead atoms. The first-order chi connectivity index (χ1) is 15.2. The Morgan fingerprint density at radius 2 is 1.76 bits per heavy atom. The van der Waals surface area contributed by atoms with Gasteiger partial charge in [0.1, 0.15) is 6.29 Å². The lowest BCUT2D eigenvalue weighted by atomic mass is 9.88. The van der Waals surface area contributed by atoms with Gasteiger partial charge in [-0.3, -0.25) is 9.59 Å². The van der Waals surface area contributed by atoms with Crippen LogP contribution in [0.25, 0.3) is 0 Å². The highest BCUT2D eigenvalue weighted by molar-refractivity contribution is 6.74. The molecule has 0 spiro atoms. The van der Waals surface area contributed by atoms with E-state index in [1.165, 1.54) is 5.56 Å². The van der Waals surface area contributed by atoms with E-state index in [1.54, 1.807) is 0 Å². The van der Waals surface area contributed by atoms with E-state index in [1.807, 2.05) is 18.2 Å². The molecule has 3 N–H and O–H groups in total. The summed E-state index contributed by atoms with van der Waals surface area (Å²) in [7, 11) is -2.15. The molecule has 0 aromatic heterocycles. The van der Waals surface area contributed by atoms with Crippen molar-refractivity contribution in [3.8, 4) is 0 Å². The Balaban J connectivity index is 3.09. The topological polar surface area (TPSA) is 98.5 Å². The van der Waals surface area contributed by atoms with Gasteiger partial charge in [-0.15, -0.1) is 0 Å². The second kappa shape index (κ2) is 12.4. The smallest absolute Gasteiger partial charge is 0.254 e. The molecule has 6 nitrogen and oxygen atoms in total. The number of hydrogen-bond donors (Lipinski definition) is 2. The Bertz CT molecular complexity index is 778.